The van der Waals surface area contributed by atoms with Crippen molar-refractivity contribution >= 4 is 5.69 Å². The zero-order valence-corrected chi connectivity index (χ0v) is 9.36. The van der Waals surface area contributed by atoms with Gasteiger partial charge in [0, 0.05) is 5.69 Å². The lowest BCUT2D eigenvalue weighted by molar-refractivity contribution is 0.196. The van der Waals surface area contributed by atoms with Crippen molar-refractivity contribution in [2.45, 2.75) is 19.9 Å². The van der Waals surface area contributed by atoms with Crippen molar-refractivity contribution in [1.82, 2.24) is 0 Å². The SMILES string of the molecule is C=C(C)[C@H]1COCN1c1ccc(C)cc1. The van der Waals surface area contributed by atoms with Crippen LogP contribution in [0, 0.1) is 6.92 Å². The van der Waals surface area contributed by atoms with Crippen LogP contribution >= 0.6 is 0 Å². The van der Waals surface area contributed by atoms with Crippen molar-refractivity contribution in [2.24, 2.45) is 0 Å². The molecule has 2 nitrogen and oxygen atoms in total. The molecule has 1 saturated heterocycles. The molecule has 15 heavy (non-hydrogen) atoms. The van der Waals surface area contributed by atoms with Crippen molar-refractivity contribution in [3.63, 3.8) is 0 Å². The molecule has 0 bridgehead atoms. The summed E-state index contributed by atoms with van der Waals surface area (Å²) in [6.45, 7) is 9.58. The summed E-state index contributed by atoms with van der Waals surface area (Å²) >= 11 is 0. The highest BCUT2D eigenvalue weighted by Crippen LogP contribution is 2.24. The first-order valence-corrected chi connectivity index (χ1v) is 5.25. The molecule has 0 amide bonds. The monoisotopic (exact) mass is 203 g/mol. The van der Waals surface area contributed by atoms with Crippen molar-refractivity contribution in [3.8, 4) is 0 Å². The molecular formula is C13H17NO. The molecule has 1 fully saturated rings. The van der Waals surface area contributed by atoms with Gasteiger partial charge >= 0.3 is 0 Å². The highest BCUT2D eigenvalue weighted by Gasteiger charge is 2.25. The second-order valence-corrected chi connectivity index (χ2v) is 4.17. The van der Waals surface area contributed by atoms with E-state index in [1.807, 2.05) is 0 Å². The molecule has 1 aromatic rings. The molecular weight excluding hydrogens is 186 g/mol. The molecule has 80 valence electrons. The quantitative estimate of drug-likeness (QED) is 0.685. The van der Waals surface area contributed by atoms with Crippen LogP contribution in [-0.2, 0) is 4.74 Å². The number of ether oxygens (including phenoxy) is 1. The summed E-state index contributed by atoms with van der Waals surface area (Å²) in [7, 11) is 0. The lowest BCUT2D eigenvalue weighted by Crippen LogP contribution is -2.31. The average molecular weight is 203 g/mol. The van der Waals surface area contributed by atoms with Gasteiger partial charge in [0.1, 0.15) is 6.73 Å². The zero-order valence-electron chi connectivity index (χ0n) is 9.36. The number of hydrogen-bond acceptors (Lipinski definition) is 2. The van der Waals surface area contributed by atoms with Crippen LogP contribution in [0.4, 0.5) is 5.69 Å². The van der Waals surface area contributed by atoms with Crippen LogP contribution in [0.25, 0.3) is 0 Å². The van der Waals surface area contributed by atoms with Gasteiger partial charge < -0.3 is 9.64 Å². The van der Waals surface area contributed by atoms with E-state index in [0.717, 1.165) is 12.2 Å². The standard InChI is InChI=1S/C13H17NO/c1-10(2)13-8-15-9-14(13)12-6-4-11(3)5-7-12/h4-7,13H,1,8-9H2,2-3H3/t13-/m1/s1. The molecule has 0 radical (unpaired) electrons. The third kappa shape index (κ3) is 2.05. The Balaban J connectivity index is 2.22. The molecule has 1 aromatic carbocycles. The lowest BCUT2D eigenvalue weighted by atomic mass is 10.1. The molecule has 0 spiro atoms. The minimum Gasteiger partial charge on any atom is -0.359 e. The highest BCUT2D eigenvalue weighted by atomic mass is 16.5. The highest BCUT2D eigenvalue weighted by molar-refractivity contribution is 5.50. The molecule has 0 aliphatic carbocycles. The van der Waals surface area contributed by atoms with Crippen LogP contribution in [0.15, 0.2) is 36.4 Å². The number of nitrogens with zero attached hydrogens (tertiary/aromatic N) is 1. The first-order chi connectivity index (χ1) is 7.18. The Bertz CT molecular complexity index is 355. The molecule has 1 aliphatic rings. The van der Waals surface area contributed by atoms with Gasteiger partial charge in [0.05, 0.1) is 12.6 Å². The molecule has 1 aliphatic heterocycles. The maximum Gasteiger partial charge on any atom is 0.119 e. The fraction of sp³-hybridized carbons (Fsp3) is 0.385. The maximum absolute atomic E-state index is 5.48. The van der Waals surface area contributed by atoms with Gasteiger partial charge in [-0.2, -0.15) is 0 Å². The van der Waals surface area contributed by atoms with Crippen molar-refractivity contribution in [2.75, 3.05) is 18.2 Å². The van der Waals surface area contributed by atoms with E-state index in [4.69, 9.17) is 4.74 Å². The molecule has 0 saturated carbocycles. The van der Waals surface area contributed by atoms with E-state index in [1.165, 1.54) is 11.3 Å². The van der Waals surface area contributed by atoms with E-state index in [0.29, 0.717) is 12.8 Å². The zero-order chi connectivity index (χ0) is 10.8. The van der Waals surface area contributed by atoms with Crippen LogP contribution in [0.5, 0.6) is 0 Å². The number of aryl methyl sites for hydroxylation is 1. The summed E-state index contributed by atoms with van der Waals surface area (Å²) in [5.41, 5.74) is 3.66. The summed E-state index contributed by atoms with van der Waals surface area (Å²) in [6.07, 6.45) is 0. The van der Waals surface area contributed by atoms with Gasteiger partial charge in [-0.25, -0.2) is 0 Å². The largest absolute Gasteiger partial charge is 0.359 e. The van der Waals surface area contributed by atoms with Gasteiger partial charge in [0.25, 0.3) is 0 Å². The Morgan fingerprint density at radius 3 is 2.67 bits per heavy atom. The van der Waals surface area contributed by atoms with Crippen LogP contribution in [-0.4, -0.2) is 19.4 Å². The second kappa shape index (κ2) is 4.07. The molecule has 0 aromatic heterocycles. The summed E-state index contributed by atoms with van der Waals surface area (Å²) < 4.78 is 5.48. The predicted molar refractivity (Wildman–Crippen MR) is 63.1 cm³/mol. The topological polar surface area (TPSA) is 12.5 Å². The average Bonchev–Trinajstić information content (AvgIpc) is 2.67. The van der Waals surface area contributed by atoms with Crippen molar-refractivity contribution < 1.29 is 4.74 Å². The maximum atomic E-state index is 5.48. The first-order valence-electron chi connectivity index (χ1n) is 5.25. The van der Waals surface area contributed by atoms with Gasteiger partial charge in [0.15, 0.2) is 0 Å². The minimum atomic E-state index is 0.327. The van der Waals surface area contributed by atoms with Crippen LogP contribution in [0.1, 0.15) is 12.5 Å². The molecule has 2 heteroatoms. The Morgan fingerprint density at radius 2 is 2.07 bits per heavy atom. The van der Waals surface area contributed by atoms with E-state index in [1.54, 1.807) is 0 Å². The van der Waals surface area contributed by atoms with Gasteiger partial charge in [-0.15, -0.1) is 0 Å². The third-order valence-electron chi connectivity index (χ3n) is 2.82. The Hall–Kier alpha value is -1.28. The van der Waals surface area contributed by atoms with Crippen LogP contribution < -0.4 is 4.90 Å². The number of hydrogen-bond donors (Lipinski definition) is 0. The van der Waals surface area contributed by atoms with Gasteiger partial charge in [-0.05, 0) is 26.0 Å². The van der Waals surface area contributed by atoms with E-state index in [2.05, 4.69) is 49.6 Å². The van der Waals surface area contributed by atoms with Gasteiger partial charge in [0.2, 0.25) is 0 Å². The van der Waals surface area contributed by atoms with Crippen molar-refractivity contribution in [1.29, 1.82) is 0 Å². The van der Waals surface area contributed by atoms with Gasteiger partial charge in [-0.3, -0.25) is 0 Å². The normalized spacial score (nSPS) is 20.7. The molecule has 0 unspecified atom stereocenters. The second-order valence-electron chi connectivity index (χ2n) is 4.17. The Kier molecular flexibility index (Phi) is 2.78. The van der Waals surface area contributed by atoms with Crippen molar-refractivity contribution in [3.05, 3.63) is 42.0 Å². The summed E-state index contributed by atoms with van der Waals surface area (Å²) in [5.74, 6) is 0. The molecule has 2 rings (SSSR count). The lowest BCUT2D eigenvalue weighted by Gasteiger charge is -2.24. The summed E-state index contributed by atoms with van der Waals surface area (Å²) in [5, 5.41) is 0. The fourth-order valence-corrected chi connectivity index (χ4v) is 1.84. The molecule has 1 heterocycles. The van der Waals surface area contributed by atoms with E-state index >= 15 is 0 Å². The van der Waals surface area contributed by atoms with Crippen LogP contribution in [0.3, 0.4) is 0 Å². The summed E-state index contributed by atoms with van der Waals surface area (Å²) in [6, 6.07) is 8.86. The van der Waals surface area contributed by atoms with E-state index < -0.39 is 0 Å². The first kappa shape index (κ1) is 10.2. The van der Waals surface area contributed by atoms with Gasteiger partial charge in [-0.1, -0.05) is 29.8 Å². The number of anilines is 1. The Labute approximate surface area is 91.2 Å². The number of rotatable bonds is 2. The smallest absolute Gasteiger partial charge is 0.119 e. The van der Waals surface area contributed by atoms with E-state index in [-0.39, 0.29) is 0 Å². The van der Waals surface area contributed by atoms with Crippen LogP contribution in [0.2, 0.25) is 0 Å². The number of benzene rings is 1. The molecule has 1 atom stereocenters. The molecule has 0 N–H and O–H groups in total. The summed E-state index contributed by atoms with van der Waals surface area (Å²) in [4.78, 5) is 2.25. The van der Waals surface area contributed by atoms with E-state index in [9.17, 15) is 0 Å². The fourth-order valence-electron chi connectivity index (χ4n) is 1.84. The Morgan fingerprint density at radius 1 is 1.40 bits per heavy atom. The minimum absolute atomic E-state index is 0.327. The third-order valence-corrected chi connectivity index (χ3v) is 2.82. The predicted octanol–water partition coefficient (Wildman–Crippen LogP) is 2.73.